The molecule has 1 N–H and O–H groups in total. The minimum absolute atomic E-state index is 0.0783. The number of aromatic carboxylic acids is 1. The van der Waals surface area contributed by atoms with E-state index in [-0.39, 0.29) is 17.5 Å². The molecule has 0 bridgehead atoms. The molecule has 1 heterocycles. The smallest absolute Gasteiger partial charge is 0.416 e. The predicted octanol–water partition coefficient (Wildman–Crippen LogP) is 2.93. The van der Waals surface area contributed by atoms with Gasteiger partial charge in [-0.05, 0) is 18.2 Å². The third-order valence-electron chi connectivity index (χ3n) is 2.54. The Bertz CT molecular complexity index is 650. The molecular formula is C12H9F3N2O3. The molecule has 0 spiro atoms. The SMILES string of the molecule is Cn1c(C(=O)O)cnc1Oc1cccc(C(F)(F)F)c1. The first-order valence-electron chi connectivity index (χ1n) is 5.39. The van der Waals surface area contributed by atoms with E-state index >= 15 is 0 Å². The first kappa shape index (κ1) is 13.9. The van der Waals surface area contributed by atoms with Crippen molar-refractivity contribution in [1.82, 2.24) is 9.55 Å². The van der Waals surface area contributed by atoms with Crippen molar-refractivity contribution in [1.29, 1.82) is 0 Å². The first-order valence-corrected chi connectivity index (χ1v) is 5.39. The Balaban J connectivity index is 2.29. The molecule has 0 radical (unpaired) electrons. The number of hydrogen-bond acceptors (Lipinski definition) is 3. The zero-order valence-electron chi connectivity index (χ0n) is 10.2. The first-order chi connectivity index (χ1) is 9.29. The zero-order chi connectivity index (χ0) is 14.9. The van der Waals surface area contributed by atoms with Crippen molar-refractivity contribution in [2.75, 3.05) is 0 Å². The highest BCUT2D eigenvalue weighted by Crippen LogP contribution is 2.32. The van der Waals surface area contributed by atoms with Crippen molar-refractivity contribution in [3.8, 4) is 11.8 Å². The van der Waals surface area contributed by atoms with Gasteiger partial charge in [0, 0.05) is 7.05 Å². The minimum Gasteiger partial charge on any atom is -0.477 e. The van der Waals surface area contributed by atoms with Crippen LogP contribution in [0.4, 0.5) is 13.2 Å². The van der Waals surface area contributed by atoms with Gasteiger partial charge in [-0.25, -0.2) is 9.78 Å². The van der Waals surface area contributed by atoms with E-state index in [0.29, 0.717) is 0 Å². The van der Waals surface area contributed by atoms with Gasteiger partial charge in [0.15, 0.2) is 0 Å². The van der Waals surface area contributed by atoms with E-state index in [4.69, 9.17) is 9.84 Å². The summed E-state index contributed by atoms with van der Waals surface area (Å²) >= 11 is 0. The van der Waals surface area contributed by atoms with Crippen LogP contribution in [0.1, 0.15) is 16.1 Å². The Hall–Kier alpha value is -2.51. The van der Waals surface area contributed by atoms with Gasteiger partial charge >= 0.3 is 18.2 Å². The molecule has 20 heavy (non-hydrogen) atoms. The zero-order valence-corrected chi connectivity index (χ0v) is 10.2. The molecule has 8 heteroatoms. The summed E-state index contributed by atoms with van der Waals surface area (Å²) < 4.78 is 43.9. The maximum Gasteiger partial charge on any atom is 0.416 e. The van der Waals surface area contributed by atoms with Crippen molar-refractivity contribution < 1.29 is 27.8 Å². The number of carbonyl (C=O) groups is 1. The standard InChI is InChI=1S/C12H9F3N2O3/c1-17-9(10(18)19)6-16-11(17)20-8-4-2-3-7(5-8)12(13,14)15/h2-6H,1H3,(H,18,19). The number of carboxylic acids is 1. The third kappa shape index (κ3) is 2.73. The summed E-state index contributed by atoms with van der Waals surface area (Å²) in [4.78, 5) is 14.5. The fourth-order valence-corrected chi connectivity index (χ4v) is 1.53. The van der Waals surface area contributed by atoms with Crippen LogP contribution in [-0.2, 0) is 13.2 Å². The van der Waals surface area contributed by atoms with Crippen LogP contribution in [0.2, 0.25) is 0 Å². The Morgan fingerprint density at radius 1 is 1.40 bits per heavy atom. The lowest BCUT2D eigenvalue weighted by atomic mass is 10.2. The molecule has 0 aliphatic carbocycles. The molecule has 1 aromatic heterocycles. The van der Waals surface area contributed by atoms with Crippen LogP contribution in [0.5, 0.6) is 11.8 Å². The average Bonchev–Trinajstić information content (AvgIpc) is 2.70. The van der Waals surface area contributed by atoms with Crippen LogP contribution in [0.15, 0.2) is 30.5 Å². The van der Waals surface area contributed by atoms with Gasteiger partial charge in [-0.2, -0.15) is 13.2 Å². The van der Waals surface area contributed by atoms with Gasteiger partial charge < -0.3 is 9.84 Å². The van der Waals surface area contributed by atoms with E-state index < -0.39 is 17.7 Å². The summed E-state index contributed by atoms with van der Waals surface area (Å²) in [7, 11) is 1.39. The van der Waals surface area contributed by atoms with Gasteiger partial charge in [0.1, 0.15) is 11.4 Å². The third-order valence-corrected chi connectivity index (χ3v) is 2.54. The van der Waals surface area contributed by atoms with Gasteiger partial charge in [0.05, 0.1) is 11.8 Å². The Kier molecular flexibility index (Phi) is 3.39. The van der Waals surface area contributed by atoms with E-state index in [1.54, 1.807) is 0 Å². The van der Waals surface area contributed by atoms with E-state index in [2.05, 4.69) is 4.98 Å². The number of halogens is 3. The molecule has 1 aromatic carbocycles. The number of alkyl halides is 3. The molecule has 5 nitrogen and oxygen atoms in total. The average molecular weight is 286 g/mol. The highest BCUT2D eigenvalue weighted by atomic mass is 19.4. The summed E-state index contributed by atoms with van der Waals surface area (Å²) in [6.07, 6.45) is -3.42. The Morgan fingerprint density at radius 2 is 2.10 bits per heavy atom. The van der Waals surface area contributed by atoms with Crippen molar-refractivity contribution in [3.63, 3.8) is 0 Å². The fourth-order valence-electron chi connectivity index (χ4n) is 1.53. The minimum atomic E-state index is -4.48. The topological polar surface area (TPSA) is 64.4 Å². The second-order valence-corrected chi connectivity index (χ2v) is 3.92. The number of imidazole rings is 1. The molecule has 0 atom stereocenters. The second-order valence-electron chi connectivity index (χ2n) is 3.92. The molecule has 2 aromatic rings. The lowest BCUT2D eigenvalue weighted by Gasteiger charge is -2.09. The van der Waals surface area contributed by atoms with Gasteiger partial charge in [-0.1, -0.05) is 6.07 Å². The molecule has 0 fully saturated rings. The normalized spacial score (nSPS) is 11.4. The quantitative estimate of drug-likeness (QED) is 0.942. The number of hydrogen-bond donors (Lipinski definition) is 1. The fraction of sp³-hybridized carbons (Fsp3) is 0.167. The van der Waals surface area contributed by atoms with E-state index in [9.17, 15) is 18.0 Å². The second kappa shape index (κ2) is 4.87. The van der Waals surface area contributed by atoms with E-state index in [1.165, 1.54) is 19.2 Å². The molecular weight excluding hydrogens is 277 g/mol. The largest absolute Gasteiger partial charge is 0.477 e. The highest BCUT2D eigenvalue weighted by molar-refractivity contribution is 5.85. The van der Waals surface area contributed by atoms with Crippen molar-refractivity contribution in [3.05, 3.63) is 41.7 Å². The lowest BCUT2D eigenvalue weighted by molar-refractivity contribution is -0.137. The van der Waals surface area contributed by atoms with Gasteiger partial charge in [-0.15, -0.1) is 0 Å². The molecule has 0 saturated heterocycles. The van der Waals surface area contributed by atoms with Crippen LogP contribution >= 0.6 is 0 Å². The summed E-state index contributed by atoms with van der Waals surface area (Å²) in [6, 6.07) is 4.13. The molecule has 0 saturated carbocycles. The van der Waals surface area contributed by atoms with Crippen LogP contribution in [0.3, 0.4) is 0 Å². The number of rotatable bonds is 3. The summed E-state index contributed by atoms with van der Waals surface area (Å²) in [5.74, 6) is -1.29. The van der Waals surface area contributed by atoms with Crippen LogP contribution in [0, 0.1) is 0 Å². The number of aromatic nitrogens is 2. The van der Waals surface area contributed by atoms with Crippen LogP contribution < -0.4 is 4.74 Å². The van der Waals surface area contributed by atoms with Crippen molar-refractivity contribution in [2.45, 2.75) is 6.18 Å². The summed E-state index contributed by atoms with van der Waals surface area (Å²) in [5.41, 5.74) is -0.991. The Labute approximate surface area is 111 Å². The van der Waals surface area contributed by atoms with Gasteiger partial charge in [0.2, 0.25) is 0 Å². The Morgan fingerprint density at radius 3 is 2.65 bits per heavy atom. The lowest BCUT2D eigenvalue weighted by Crippen LogP contribution is -2.06. The number of nitrogens with zero attached hydrogens (tertiary/aromatic N) is 2. The number of benzene rings is 1. The van der Waals surface area contributed by atoms with Crippen molar-refractivity contribution >= 4 is 5.97 Å². The molecule has 0 amide bonds. The number of carboxylic acid groups (broad SMARTS) is 1. The summed E-state index contributed by atoms with van der Waals surface area (Å²) in [6.45, 7) is 0. The van der Waals surface area contributed by atoms with Gasteiger partial charge in [-0.3, -0.25) is 4.57 Å². The number of ether oxygens (including phenoxy) is 1. The predicted molar refractivity (Wildman–Crippen MR) is 61.7 cm³/mol. The van der Waals surface area contributed by atoms with E-state index in [1.807, 2.05) is 0 Å². The van der Waals surface area contributed by atoms with Crippen LogP contribution in [-0.4, -0.2) is 20.6 Å². The van der Waals surface area contributed by atoms with Crippen molar-refractivity contribution in [2.24, 2.45) is 7.05 Å². The summed E-state index contributed by atoms with van der Waals surface area (Å²) in [5, 5.41) is 8.83. The maximum atomic E-state index is 12.5. The van der Waals surface area contributed by atoms with Gasteiger partial charge in [0.25, 0.3) is 0 Å². The molecule has 0 unspecified atom stereocenters. The monoisotopic (exact) mass is 286 g/mol. The molecule has 2 rings (SSSR count). The molecule has 106 valence electrons. The molecule has 0 aliphatic rings. The maximum absolute atomic E-state index is 12.5. The van der Waals surface area contributed by atoms with E-state index in [0.717, 1.165) is 22.9 Å². The molecule has 0 aliphatic heterocycles. The van der Waals surface area contributed by atoms with Crippen LogP contribution in [0.25, 0.3) is 0 Å². The highest BCUT2D eigenvalue weighted by Gasteiger charge is 2.30.